The van der Waals surface area contributed by atoms with Crippen LogP contribution in [0.3, 0.4) is 0 Å². The second kappa shape index (κ2) is 6.53. The van der Waals surface area contributed by atoms with Crippen LogP contribution in [-0.4, -0.2) is 22.6 Å². The monoisotopic (exact) mass is 313 g/mol. The molecule has 0 aliphatic rings. The van der Waals surface area contributed by atoms with Gasteiger partial charge < -0.3 is 9.84 Å². The molecule has 0 radical (unpaired) electrons. The van der Waals surface area contributed by atoms with E-state index in [0.29, 0.717) is 12.4 Å². The predicted octanol–water partition coefficient (Wildman–Crippen LogP) is 3.08. The van der Waals surface area contributed by atoms with Crippen LogP contribution in [-0.2, 0) is 6.42 Å². The number of thiophene rings is 1. The number of carbonyl (C=O) groups excluding carboxylic acids is 1. The Kier molecular flexibility index (Phi) is 4.29. The summed E-state index contributed by atoms with van der Waals surface area (Å²) in [6.45, 7) is 2.55. The molecule has 1 N–H and O–H groups in total. The van der Waals surface area contributed by atoms with Gasteiger partial charge in [0, 0.05) is 17.0 Å². The summed E-state index contributed by atoms with van der Waals surface area (Å²) in [7, 11) is 0. The summed E-state index contributed by atoms with van der Waals surface area (Å²) in [5, 5.41) is 8.55. The Morgan fingerprint density at radius 3 is 2.82 bits per heavy atom. The highest BCUT2D eigenvalue weighted by Gasteiger charge is 2.15. The Balaban J connectivity index is 1.60. The third-order valence-electron chi connectivity index (χ3n) is 3.16. The Hall–Kier alpha value is -2.47. The first-order valence-corrected chi connectivity index (χ1v) is 7.81. The van der Waals surface area contributed by atoms with Crippen LogP contribution in [0.2, 0.25) is 0 Å². The number of aryl methyl sites for hydroxylation is 1. The van der Waals surface area contributed by atoms with Crippen LogP contribution >= 0.6 is 11.3 Å². The molecule has 0 atom stereocenters. The Morgan fingerprint density at radius 2 is 2.09 bits per heavy atom. The molecule has 22 heavy (non-hydrogen) atoms. The number of hydrogen-bond donors (Lipinski definition) is 1. The fraction of sp³-hybridized carbons (Fsp3) is 0.188. The van der Waals surface area contributed by atoms with Crippen molar-refractivity contribution in [2.24, 2.45) is 0 Å². The number of rotatable bonds is 5. The SMILES string of the molecule is Cc1ccc(-c2nc(C(=O)NCCc3cccs3)no2)cc1. The number of benzene rings is 1. The summed E-state index contributed by atoms with van der Waals surface area (Å²) < 4.78 is 5.14. The van der Waals surface area contributed by atoms with Crippen molar-refractivity contribution < 1.29 is 9.32 Å². The summed E-state index contributed by atoms with van der Waals surface area (Å²) in [6.07, 6.45) is 0.798. The molecule has 6 heteroatoms. The zero-order valence-electron chi connectivity index (χ0n) is 12.1. The van der Waals surface area contributed by atoms with Crippen molar-refractivity contribution in [2.75, 3.05) is 6.54 Å². The average molecular weight is 313 g/mol. The molecule has 1 amide bonds. The lowest BCUT2D eigenvalue weighted by Crippen LogP contribution is -2.26. The van der Waals surface area contributed by atoms with E-state index in [-0.39, 0.29) is 11.7 Å². The molecule has 0 saturated heterocycles. The third kappa shape index (κ3) is 3.40. The standard InChI is InChI=1S/C16H15N3O2S/c1-11-4-6-12(7-5-11)16-18-14(19-21-16)15(20)17-9-8-13-3-2-10-22-13/h2-7,10H,8-9H2,1H3,(H,17,20). The normalized spacial score (nSPS) is 10.6. The highest BCUT2D eigenvalue weighted by Crippen LogP contribution is 2.17. The van der Waals surface area contributed by atoms with Crippen LogP contribution in [0.15, 0.2) is 46.3 Å². The summed E-state index contributed by atoms with van der Waals surface area (Å²) in [5.74, 6) is 0.0869. The van der Waals surface area contributed by atoms with Gasteiger partial charge >= 0.3 is 0 Å². The van der Waals surface area contributed by atoms with Gasteiger partial charge in [-0.2, -0.15) is 4.98 Å². The van der Waals surface area contributed by atoms with Crippen molar-refractivity contribution in [1.82, 2.24) is 15.5 Å². The summed E-state index contributed by atoms with van der Waals surface area (Å²) in [6, 6.07) is 11.7. The molecule has 3 aromatic rings. The minimum Gasteiger partial charge on any atom is -0.349 e. The topological polar surface area (TPSA) is 68.0 Å². The average Bonchev–Trinajstić information content (AvgIpc) is 3.19. The van der Waals surface area contributed by atoms with Gasteiger partial charge in [-0.3, -0.25) is 4.79 Å². The van der Waals surface area contributed by atoms with Crippen molar-refractivity contribution in [3.8, 4) is 11.5 Å². The van der Waals surface area contributed by atoms with Crippen LogP contribution in [0.25, 0.3) is 11.5 Å². The van der Waals surface area contributed by atoms with Gasteiger partial charge in [-0.25, -0.2) is 0 Å². The molecule has 0 fully saturated rings. The number of amides is 1. The van der Waals surface area contributed by atoms with E-state index in [1.54, 1.807) is 11.3 Å². The smallest absolute Gasteiger partial charge is 0.292 e. The van der Waals surface area contributed by atoms with Crippen LogP contribution in [0.5, 0.6) is 0 Å². The molecular weight excluding hydrogens is 298 g/mol. The van der Waals surface area contributed by atoms with E-state index in [9.17, 15) is 4.79 Å². The fourth-order valence-electron chi connectivity index (χ4n) is 1.96. The fourth-order valence-corrected chi connectivity index (χ4v) is 2.67. The van der Waals surface area contributed by atoms with E-state index in [4.69, 9.17) is 4.52 Å². The number of aromatic nitrogens is 2. The molecule has 0 bridgehead atoms. The Labute approximate surface area is 132 Å². The highest BCUT2D eigenvalue weighted by atomic mass is 32.1. The zero-order chi connectivity index (χ0) is 15.4. The minimum atomic E-state index is -0.321. The molecule has 112 valence electrons. The van der Waals surface area contributed by atoms with Crippen LogP contribution in [0.4, 0.5) is 0 Å². The lowest BCUT2D eigenvalue weighted by Gasteiger charge is -1.99. The van der Waals surface area contributed by atoms with Crippen LogP contribution in [0.1, 0.15) is 21.1 Å². The van der Waals surface area contributed by atoms with Crippen molar-refractivity contribution in [3.05, 3.63) is 58.0 Å². The summed E-state index contributed by atoms with van der Waals surface area (Å²) >= 11 is 1.67. The predicted molar refractivity (Wildman–Crippen MR) is 84.8 cm³/mol. The molecule has 0 unspecified atom stereocenters. The van der Waals surface area contributed by atoms with Gasteiger partial charge in [0.05, 0.1) is 0 Å². The van der Waals surface area contributed by atoms with Crippen molar-refractivity contribution in [2.45, 2.75) is 13.3 Å². The number of hydrogen-bond acceptors (Lipinski definition) is 5. The molecule has 0 saturated carbocycles. The van der Waals surface area contributed by atoms with Gasteiger partial charge in [0.1, 0.15) is 0 Å². The van der Waals surface area contributed by atoms with Gasteiger partial charge in [-0.05, 0) is 36.9 Å². The number of nitrogens with one attached hydrogen (secondary N) is 1. The lowest BCUT2D eigenvalue weighted by molar-refractivity contribution is 0.0941. The van der Waals surface area contributed by atoms with E-state index < -0.39 is 0 Å². The second-order valence-electron chi connectivity index (χ2n) is 4.87. The maximum absolute atomic E-state index is 12.0. The van der Waals surface area contributed by atoms with Gasteiger partial charge in [0.2, 0.25) is 0 Å². The largest absolute Gasteiger partial charge is 0.349 e. The molecule has 1 aromatic carbocycles. The lowest BCUT2D eigenvalue weighted by atomic mass is 10.1. The maximum atomic E-state index is 12.0. The van der Waals surface area contributed by atoms with E-state index in [0.717, 1.165) is 17.5 Å². The molecule has 2 aromatic heterocycles. The number of nitrogens with zero attached hydrogens (tertiary/aromatic N) is 2. The molecular formula is C16H15N3O2S. The van der Waals surface area contributed by atoms with Gasteiger partial charge in [0.25, 0.3) is 17.6 Å². The molecule has 2 heterocycles. The minimum absolute atomic E-state index is 0.0572. The first-order chi connectivity index (χ1) is 10.7. The second-order valence-corrected chi connectivity index (χ2v) is 5.91. The summed E-state index contributed by atoms with van der Waals surface area (Å²) in [5.41, 5.74) is 1.95. The Bertz CT molecular complexity index is 748. The van der Waals surface area contributed by atoms with Gasteiger partial charge in [-0.15, -0.1) is 11.3 Å². The van der Waals surface area contributed by atoms with E-state index in [1.165, 1.54) is 4.88 Å². The molecule has 3 rings (SSSR count). The van der Waals surface area contributed by atoms with Crippen LogP contribution < -0.4 is 5.32 Å². The van der Waals surface area contributed by atoms with Gasteiger partial charge in [-0.1, -0.05) is 28.9 Å². The van der Waals surface area contributed by atoms with E-state index in [2.05, 4.69) is 15.5 Å². The first kappa shape index (κ1) is 14.5. The first-order valence-electron chi connectivity index (χ1n) is 6.94. The highest BCUT2D eigenvalue weighted by molar-refractivity contribution is 7.09. The summed E-state index contributed by atoms with van der Waals surface area (Å²) in [4.78, 5) is 17.3. The molecule has 0 spiro atoms. The Morgan fingerprint density at radius 1 is 1.27 bits per heavy atom. The van der Waals surface area contributed by atoms with E-state index >= 15 is 0 Å². The quantitative estimate of drug-likeness (QED) is 0.786. The van der Waals surface area contributed by atoms with Crippen molar-refractivity contribution in [1.29, 1.82) is 0 Å². The molecule has 0 aliphatic heterocycles. The van der Waals surface area contributed by atoms with Crippen molar-refractivity contribution in [3.63, 3.8) is 0 Å². The zero-order valence-corrected chi connectivity index (χ0v) is 12.9. The number of carbonyl (C=O) groups is 1. The molecule has 0 aliphatic carbocycles. The third-order valence-corrected chi connectivity index (χ3v) is 4.10. The van der Waals surface area contributed by atoms with Crippen LogP contribution in [0, 0.1) is 6.92 Å². The maximum Gasteiger partial charge on any atom is 0.292 e. The van der Waals surface area contributed by atoms with Crippen molar-refractivity contribution >= 4 is 17.2 Å². The molecule has 5 nitrogen and oxygen atoms in total. The van der Waals surface area contributed by atoms with Gasteiger partial charge in [0.15, 0.2) is 0 Å². The van der Waals surface area contributed by atoms with E-state index in [1.807, 2.05) is 48.7 Å².